The van der Waals surface area contributed by atoms with Gasteiger partial charge in [-0.3, -0.25) is 14.4 Å². The highest BCUT2D eigenvalue weighted by molar-refractivity contribution is 5.89. The van der Waals surface area contributed by atoms with Crippen LogP contribution in [-0.4, -0.2) is 48.2 Å². The van der Waals surface area contributed by atoms with E-state index in [1.54, 1.807) is 19.1 Å². The summed E-state index contributed by atoms with van der Waals surface area (Å²) in [6.45, 7) is 2.42. The fraction of sp³-hybridized carbons (Fsp3) is 0.571. The first-order chi connectivity index (χ1) is 14.0. The van der Waals surface area contributed by atoms with Crippen LogP contribution in [0.5, 0.6) is 11.5 Å². The number of carbonyl (C=O) groups excluding carboxylic acids is 3. The first-order valence-electron chi connectivity index (χ1n) is 10.2. The fourth-order valence-electron chi connectivity index (χ4n) is 4.17. The van der Waals surface area contributed by atoms with E-state index in [0.717, 1.165) is 31.2 Å². The Kier molecular flexibility index (Phi) is 5.60. The van der Waals surface area contributed by atoms with Gasteiger partial charge < -0.3 is 24.4 Å². The van der Waals surface area contributed by atoms with E-state index in [9.17, 15) is 14.4 Å². The van der Waals surface area contributed by atoms with Crippen LogP contribution in [-0.2, 0) is 25.7 Å². The molecule has 29 heavy (non-hydrogen) atoms. The Bertz CT molecular complexity index is 804. The van der Waals surface area contributed by atoms with Gasteiger partial charge in [0.15, 0.2) is 17.6 Å². The summed E-state index contributed by atoms with van der Waals surface area (Å²) in [6.07, 6.45) is 3.51. The van der Waals surface area contributed by atoms with Gasteiger partial charge in [0.1, 0.15) is 0 Å². The van der Waals surface area contributed by atoms with Gasteiger partial charge in [-0.15, -0.1) is 0 Å². The van der Waals surface area contributed by atoms with Crippen LogP contribution < -0.4 is 14.8 Å². The van der Waals surface area contributed by atoms with E-state index in [0.29, 0.717) is 18.0 Å². The molecule has 2 aliphatic heterocycles. The summed E-state index contributed by atoms with van der Waals surface area (Å²) in [7, 11) is 0. The maximum absolute atomic E-state index is 12.5. The number of benzene rings is 1. The number of carbonyl (C=O) groups is 3. The van der Waals surface area contributed by atoms with E-state index in [-0.39, 0.29) is 37.6 Å². The van der Waals surface area contributed by atoms with Gasteiger partial charge in [-0.05, 0) is 37.5 Å². The van der Waals surface area contributed by atoms with E-state index in [1.807, 2.05) is 11.0 Å². The number of esters is 1. The number of likely N-dealkylation sites (tertiary alicyclic amines) is 1. The zero-order chi connectivity index (χ0) is 20.4. The molecule has 4 rings (SSSR count). The molecule has 1 saturated heterocycles. The van der Waals surface area contributed by atoms with Crippen molar-refractivity contribution in [3.63, 3.8) is 0 Å². The topological polar surface area (TPSA) is 94.2 Å². The molecule has 2 heterocycles. The van der Waals surface area contributed by atoms with Crippen molar-refractivity contribution >= 4 is 17.8 Å². The summed E-state index contributed by atoms with van der Waals surface area (Å²) in [5, 5.41) is 2.76. The molecule has 1 aromatic carbocycles. The van der Waals surface area contributed by atoms with E-state index < -0.39 is 18.0 Å². The van der Waals surface area contributed by atoms with E-state index in [2.05, 4.69) is 5.32 Å². The Labute approximate surface area is 169 Å². The average molecular weight is 402 g/mol. The van der Waals surface area contributed by atoms with Crippen LogP contribution in [0.15, 0.2) is 18.2 Å². The van der Waals surface area contributed by atoms with E-state index in [1.165, 1.54) is 0 Å². The molecule has 8 nitrogen and oxygen atoms in total. The predicted octanol–water partition coefficient (Wildman–Crippen LogP) is 1.75. The SMILES string of the molecule is C[C@H](OC(=O)[C@@H]1CC(=O)N(C2CCCC2)C1)C(=O)NCc1ccc2c(c1)OCO2. The first-order valence-corrected chi connectivity index (χ1v) is 10.2. The van der Waals surface area contributed by atoms with Crippen LogP contribution in [0.2, 0.25) is 0 Å². The monoisotopic (exact) mass is 402 g/mol. The highest BCUT2D eigenvalue weighted by Crippen LogP contribution is 2.32. The molecule has 0 bridgehead atoms. The molecule has 0 spiro atoms. The predicted molar refractivity (Wildman–Crippen MR) is 102 cm³/mol. The number of hydrogen-bond donors (Lipinski definition) is 1. The van der Waals surface area contributed by atoms with Crippen molar-refractivity contribution in [2.24, 2.45) is 5.92 Å². The third-order valence-electron chi connectivity index (χ3n) is 5.82. The molecule has 156 valence electrons. The van der Waals surface area contributed by atoms with Crippen molar-refractivity contribution < 1.29 is 28.6 Å². The Morgan fingerprint density at radius 2 is 2.00 bits per heavy atom. The van der Waals surface area contributed by atoms with Gasteiger partial charge in [0.05, 0.1) is 5.92 Å². The smallest absolute Gasteiger partial charge is 0.312 e. The quantitative estimate of drug-likeness (QED) is 0.729. The molecule has 0 radical (unpaired) electrons. The number of amides is 2. The Balaban J connectivity index is 1.25. The molecular formula is C21H26N2O6. The van der Waals surface area contributed by atoms with Crippen molar-refractivity contribution in [3.8, 4) is 11.5 Å². The van der Waals surface area contributed by atoms with Crippen molar-refractivity contribution in [3.05, 3.63) is 23.8 Å². The van der Waals surface area contributed by atoms with Crippen LogP contribution in [0, 0.1) is 5.92 Å². The lowest BCUT2D eigenvalue weighted by Gasteiger charge is -2.24. The highest BCUT2D eigenvalue weighted by atomic mass is 16.7. The third kappa shape index (κ3) is 4.31. The molecule has 2 atom stereocenters. The van der Waals surface area contributed by atoms with Crippen LogP contribution in [0.1, 0.15) is 44.6 Å². The van der Waals surface area contributed by atoms with Crippen molar-refractivity contribution in [2.45, 2.75) is 57.7 Å². The van der Waals surface area contributed by atoms with Crippen molar-refractivity contribution in [1.29, 1.82) is 0 Å². The molecule has 1 N–H and O–H groups in total. The van der Waals surface area contributed by atoms with Gasteiger partial charge in [-0.1, -0.05) is 18.9 Å². The van der Waals surface area contributed by atoms with Gasteiger partial charge in [0.2, 0.25) is 12.7 Å². The zero-order valence-corrected chi connectivity index (χ0v) is 16.5. The lowest BCUT2D eigenvalue weighted by atomic mass is 10.1. The van der Waals surface area contributed by atoms with Gasteiger partial charge in [0.25, 0.3) is 5.91 Å². The number of nitrogens with one attached hydrogen (secondary N) is 1. The lowest BCUT2D eigenvalue weighted by molar-refractivity contribution is -0.158. The fourth-order valence-corrected chi connectivity index (χ4v) is 4.17. The largest absolute Gasteiger partial charge is 0.454 e. The molecule has 0 aromatic heterocycles. The number of fused-ring (bicyclic) bond motifs is 1. The summed E-state index contributed by atoms with van der Waals surface area (Å²) in [5.74, 6) is -0.0161. The molecule has 1 aromatic rings. The van der Waals surface area contributed by atoms with Crippen molar-refractivity contribution in [1.82, 2.24) is 10.2 Å². The average Bonchev–Trinajstić information content (AvgIpc) is 3.45. The van der Waals surface area contributed by atoms with Crippen LogP contribution in [0.4, 0.5) is 0 Å². The number of rotatable bonds is 6. The molecule has 8 heteroatoms. The minimum Gasteiger partial charge on any atom is -0.454 e. The van der Waals surface area contributed by atoms with Gasteiger partial charge in [0, 0.05) is 25.6 Å². The minimum atomic E-state index is -0.924. The van der Waals surface area contributed by atoms with E-state index >= 15 is 0 Å². The molecule has 0 unspecified atom stereocenters. The van der Waals surface area contributed by atoms with E-state index in [4.69, 9.17) is 14.2 Å². The second-order valence-corrected chi connectivity index (χ2v) is 7.87. The second kappa shape index (κ2) is 8.31. The molecule has 1 aliphatic carbocycles. The Morgan fingerprint density at radius 3 is 2.79 bits per heavy atom. The Morgan fingerprint density at radius 1 is 1.24 bits per heavy atom. The summed E-state index contributed by atoms with van der Waals surface area (Å²) in [5.41, 5.74) is 0.856. The first kappa shape index (κ1) is 19.5. The Hall–Kier alpha value is -2.77. The standard InChI is InChI=1S/C21H26N2O6/c1-13(20(25)22-10-14-6-7-17-18(8-14)28-12-27-17)29-21(26)15-9-19(24)23(11-15)16-4-2-3-5-16/h6-8,13,15-16H,2-5,9-12H2,1H3,(H,22,25)/t13-,15+/m0/s1. The number of nitrogens with zero attached hydrogens (tertiary/aromatic N) is 1. The summed E-state index contributed by atoms with van der Waals surface area (Å²) < 4.78 is 15.9. The molecular weight excluding hydrogens is 376 g/mol. The molecule has 3 aliphatic rings. The number of ether oxygens (including phenoxy) is 3. The normalized spacial score (nSPS) is 22.0. The van der Waals surface area contributed by atoms with Crippen LogP contribution in [0.25, 0.3) is 0 Å². The summed E-state index contributed by atoms with van der Waals surface area (Å²) >= 11 is 0. The zero-order valence-electron chi connectivity index (χ0n) is 16.5. The molecule has 2 fully saturated rings. The number of hydrogen-bond acceptors (Lipinski definition) is 6. The maximum Gasteiger partial charge on any atom is 0.312 e. The summed E-state index contributed by atoms with van der Waals surface area (Å²) in [4.78, 5) is 38.9. The van der Waals surface area contributed by atoms with Crippen LogP contribution in [0.3, 0.4) is 0 Å². The minimum absolute atomic E-state index is 0.0127. The van der Waals surface area contributed by atoms with Crippen molar-refractivity contribution in [2.75, 3.05) is 13.3 Å². The molecule has 1 saturated carbocycles. The second-order valence-electron chi connectivity index (χ2n) is 7.87. The van der Waals surface area contributed by atoms with Crippen LogP contribution >= 0.6 is 0 Å². The molecule has 2 amide bonds. The lowest BCUT2D eigenvalue weighted by Crippen LogP contribution is -2.38. The van der Waals surface area contributed by atoms with Gasteiger partial charge in [-0.25, -0.2) is 0 Å². The van der Waals surface area contributed by atoms with Gasteiger partial charge >= 0.3 is 5.97 Å². The van der Waals surface area contributed by atoms with Gasteiger partial charge in [-0.2, -0.15) is 0 Å². The highest BCUT2D eigenvalue weighted by Gasteiger charge is 2.40. The summed E-state index contributed by atoms with van der Waals surface area (Å²) in [6, 6.07) is 5.69. The third-order valence-corrected chi connectivity index (χ3v) is 5.82. The maximum atomic E-state index is 12.5.